The predicted molar refractivity (Wildman–Crippen MR) is 71.2 cm³/mol. The number of amides is 1. The van der Waals surface area contributed by atoms with Crippen LogP contribution >= 0.6 is 0 Å². The molecule has 4 heteroatoms. The smallest absolute Gasteiger partial charge is 0.223 e. The van der Waals surface area contributed by atoms with Gasteiger partial charge in [-0.15, -0.1) is 0 Å². The lowest BCUT2D eigenvalue weighted by atomic mass is 9.92. The Labute approximate surface area is 110 Å². The highest BCUT2D eigenvalue weighted by atomic mass is 16.5. The maximum Gasteiger partial charge on any atom is 0.223 e. The second-order valence-corrected chi connectivity index (χ2v) is 5.95. The molecule has 3 atom stereocenters. The molecule has 1 amide bonds. The highest BCUT2D eigenvalue weighted by molar-refractivity contribution is 5.78. The number of hydrogen-bond donors (Lipinski definition) is 2. The molecule has 1 aliphatic heterocycles. The number of carbonyl (C=O) groups is 1. The number of rotatable bonds is 5. The van der Waals surface area contributed by atoms with Crippen LogP contribution in [0.3, 0.4) is 0 Å². The van der Waals surface area contributed by atoms with Gasteiger partial charge in [0.2, 0.25) is 5.91 Å². The Bertz CT molecular complexity index is 258. The molecule has 106 valence electrons. The number of carbonyl (C=O) groups excluding carboxylic acids is 1. The maximum atomic E-state index is 12.0. The summed E-state index contributed by atoms with van der Waals surface area (Å²) in [6.07, 6.45) is 2.12. The highest BCUT2D eigenvalue weighted by Crippen LogP contribution is 2.24. The summed E-state index contributed by atoms with van der Waals surface area (Å²) >= 11 is 0. The average Bonchev–Trinajstić information content (AvgIpc) is 2.23. The van der Waals surface area contributed by atoms with E-state index in [0.29, 0.717) is 12.5 Å². The fourth-order valence-electron chi connectivity index (χ4n) is 2.61. The van der Waals surface area contributed by atoms with E-state index >= 15 is 0 Å². The van der Waals surface area contributed by atoms with Crippen LogP contribution in [0.1, 0.15) is 47.0 Å². The van der Waals surface area contributed by atoms with Crippen molar-refractivity contribution >= 4 is 5.91 Å². The minimum absolute atomic E-state index is 0.0231. The molecule has 3 unspecified atom stereocenters. The lowest BCUT2D eigenvalue weighted by Crippen LogP contribution is -2.41. The number of aliphatic hydroxyl groups excluding tert-OH is 1. The number of ether oxygens (including phenoxy) is 1. The van der Waals surface area contributed by atoms with Crippen molar-refractivity contribution in [3.8, 4) is 0 Å². The molecule has 0 aromatic rings. The van der Waals surface area contributed by atoms with Crippen molar-refractivity contribution < 1.29 is 14.6 Å². The Kier molecular flexibility index (Phi) is 6.09. The molecule has 18 heavy (non-hydrogen) atoms. The van der Waals surface area contributed by atoms with Gasteiger partial charge in [-0.25, -0.2) is 0 Å². The van der Waals surface area contributed by atoms with Crippen molar-refractivity contribution in [2.75, 3.05) is 6.54 Å². The molecule has 1 fully saturated rings. The zero-order valence-corrected chi connectivity index (χ0v) is 12.0. The molecule has 4 nitrogen and oxygen atoms in total. The van der Waals surface area contributed by atoms with Crippen LogP contribution in [0.25, 0.3) is 0 Å². The van der Waals surface area contributed by atoms with Gasteiger partial charge >= 0.3 is 0 Å². The Balaban J connectivity index is 2.31. The molecule has 1 saturated heterocycles. The minimum Gasteiger partial charge on any atom is -0.391 e. The standard InChI is InChI=1S/C14H27NO3/c1-9(2)5-13(16)8-15-14(17)12-6-10(3)18-11(4)7-12/h9-13,16H,5-8H2,1-4H3,(H,15,17). The fraction of sp³-hybridized carbons (Fsp3) is 0.929. The van der Waals surface area contributed by atoms with Gasteiger partial charge in [-0.1, -0.05) is 13.8 Å². The van der Waals surface area contributed by atoms with Crippen LogP contribution in [0.5, 0.6) is 0 Å². The molecule has 1 rings (SSSR count). The second-order valence-electron chi connectivity index (χ2n) is 5.95. The van der Waals surface area contributed by atoms with Crippen molar-refractivity contribution in [1.29, 1.82) is 0 Å². The molecule has 1 aliphatic rings. The first-order valence-corrected chi connectivity index (χ1v) is 6.99. The Hall–Kier alpha value is -0.610. The van der Waals surface area contributed by atoms with Crippen LogP contribution in [0.4, 0.5) is 0 Å². The van der Waals surface area contributed by atoms with Gasteiger partial charge in [-0.3, -0.25) is 4.79 Å². The van der Waals surface area contributed by atoms with Crippen LogP contribution in [-0.4, -0.2) is 35.9 Å². The molecule has 0 spiro atoms. The van der Waals surface area contributed by atoms with Gasteiger partial charge in [0.05, 0.1) is 18.3 Å². The van der Waals surface area contributed by atoms with E-state index in [0.717, 1.165) is 19.3 Å². The molecule has 0 bridgehead atoms. The van der Waals surface area contributed by atoms with E-state index in [1.54, 1.807) is 0 Å². The number of nitrogens with one attached hydrogen (secondary N) is 1. The van der Waals surface area contributed by atoms with Gasteiger partial charge < -0.3 is 15.2 Å². The normalized spacial score (nSPS) is 30.2. The van der Waals surface area contributed by atoms with Crippen molar-refractivity contribution in [3.05, 3.63) is 0 Å². The van der Waals surface area contributed by atoms with E-state index in [1.807, 2.05) is 13.8 Å². The Morgan fingerprint density at radius 2 is 1.89 bits per heavy atom. The van der Waals surface area contributed by atoms with Crippen LogP contribution in [0, 0.1) is 11.8 Å². The van der Waals surface area contributed by atoms with E-state index < -0.39 is 6.10 Å². The van der Waals surface area contributed by atoms with Gasteiger partial charge in [0, 0.05) is 12.5 Å². The number of aliphatic hydroxyl groups is 1. The van der Waals surface area contributed by atoms with Gasteiger partial charge in [-0.2, -0.15) is 0 Å². The summed E-state index contributed by atoms with van der Waals surface area (Å²) in [5, 5.41) is 12.6. The summed E-state index contributed by atoms with van der Waals surface area (Å²) in [6, 6.07) is 0. The zero-order chi connectivity index (χ0) is 13.7. The molecule has 0 radical (unpaired) electrons. The zero-order valence-electron chi connectivity index (χ0n) is 12.0. The SMILES string of the molecule is CC(C)CC(O)CNC(=O)C1CC(C)OC(C)C1. The molecule has 0 saturated carbocycles. The lowest BCUT2D eigenvalue weighted by Gasteiger charge is -2.31. The predicted octanol–water partition coefficient (Wildman–Crippen LogP) is 1.71. The number of hydrogen-bond acceptors (Lipinski definition) is 3. The summed E-state index contributed by atoms with van der Waals surface area (Å²) in [4.78, 5) is 12.0. The van der Waals surface area contributed by atoms with E-state index in [9.17, 15) is 9.90 Å². The van der Waals surface area contributed by atoms with E-state index in [-0.39, 0.29) is 24.0 Å². The third-order valence-corrected chi connectivity index (χ3v) is 3.32. The van der Waals surface area contributed by atoms with Crippen LogP contribution in [-0.2, 0) is 9.53 Å². The van der Waals surface area contributed by atoms with E-state index in [2.05, 4.69) is 19.2 Å². The summed E-state index contributed by atoms with van der Waals surface area (Å²) < 4.78 is 5.62. The quantitative estimate of drug-likeness (QED) is 0.788. The van der Waals surface area contributed by atoms with Crippen LogP contribution in [0.15, 0.2) is 0 Å². The second kappa shape index (κ2) is 7.10. The molecular weight excluding hydrogens is 230 g/mol. The first-order valence-electron chi connectivity index (χ1n) is 6.99. The molecule has 0 aromatic heterocycles. The van der Waals surface area contributed by atoms with Crippen molar-refractivity contribution in [1.82, 2.24) is 5.32 Å². The monoisotopic (exact) mass is 257 g/mol. The summed E-state index contributed by atoms with van der Waals surface area (Å²) in [5.74, 6) is 0.523. The topological polar surface area (TPSA) is 58.6 Å². The highest BCUT2D eigenvalue weighted by Gasteiger charge is 2.29. The lowest BCUT2D eigenvalue weighted by molar-refractivity contribution is -0.133. The van der Waals surface area contributed by atoms with Crippen LogP contribution < -0.4 is 5.32 Å². The van der Waals surface area contributed by atoms with Crippen molar-refractivity contribution in [2.45, 2.75) is 65.3 Å². The fourth-order valence-corrected chi connectivity index (χ4v) is 2.61. The largest absolute Gasteiger partial charge is 0.391 e. The van der Waals surface area contributed by atoms with Gasteiger partial charge in [0.25, 0.3) is 0 Å². The first kappa shape index (κ1) is 15.4. The van der Waals surface area contributed by atoms with Crippen molar-refractivity contribution in [3.63, 3.8) is 0 Å². The Morgan fingerprint density at radius 1 is 1.33 bits per heavy atom. The molecule has 0 aromatic carbocycles. The molecule has 0 aliphatic carbocycles. The van der Waals surface area contributed by atoms with Crippen LogP contribution in [0.2, 0.25) is 0 Å². The third-order valence-electron chi connectivity index (χ3n) is 3.32. The third kappa shape index (κ3) is 5.36. The Morgan fingerprint density at radius 3 is 2.39 bits per heavy atom. The molecule has 2 N–H and O–H groups in total. The first-order chi connectivity index (χ1) is 8.38. The van der Waals surface area contributed by atoms with Gasteiger partial charge in [0.15, 0.2) is 0 Å². The van der Waals surface area contributed by atoms with E-state index in [1.165, 1.54) is 0 Å². The summed E-state index contributed by atoms with van der Waals surface area (Å²) in [6.45, 7) is 8.49. The summed E-state index contributed by atoms with van der Waals surface area (Å²) in [7, 11) is 0. The van der Waals surface area contributed by atoms with Crippen molar-refractivity contribution in [2.24, 2.45) is 11.8 Å². The minimum atomic E-state index is -0.441. The molecule has 1 heterocycles. The van der Waals surface area contributed by atoms with Gasteiger partial charge in [-0.05, 0) is 39.0 Å². The maximum absolute atomic E-state index is 12.0. The average molecular weight is 257 g/mol. The van der Waals surface area contributed by atoms with Gasteiger partial charge in [0.1, 0.15) is 0 Å². The molecular formula is C14H27NO3. The van der Waals surface area contributed by atoms with E-state index in [4.69, 9.17) is 4.74 Å². The summed E-state index contributed by atoms with van der Waals surface area (Å²) in [5.41, 5.74) is 0.